The van der Waals surface area contributed by atoms with Crippen molar-refractivity contribution in [1.82, 2.24) is 24.3 Å². The fourth-order valence-electron chi connectivity index (χ4n) is 2.67. The van der Waals surface area contributed by atoms with Crippen molar-refractivity contribution in [3.05, 3.63) is 66.4 Å². The van der Waals surface area contributed by atoms with Crippen LogP contribution < -0.4 is 11.1 Å². The molecule has 3 N–H and O–H groups in total. The number of halogens is 2. The smallest absolute Gasteiger partial charge is 0.180 e. The summed E-state index contributed by atoms with van der Waals surface area (Å²) in [6.45, 7) is 1.85. The van der Waals surface area contributed by atoms with Crippen LogP contribution >= 0.6 is 0 Å². The van der Waals surface area contributed by atoms with E-state index in [2.05, 4.69) is 25.3 Å². The van der Waals surface area contributed by atoms with Crippen LogP contribution in [0.4, 0.5) is 20.3 Å². The molecule has 9 heteroatoms. The Morgan fingerprint density at radius 3 is 2.59 bits per heavy atom. The molecule has 4 aromatic heterocycles. The summed E-state index contributed by atoms with van der Waals surface area (Å²) < 4.78 is 28.2. The summed E-state index contributed by atoms with van der Waals surface area (Å²) in [7, 11) is 0. The molecule has 136 valence electrons. The Hall–Kier alpha value is -3.62. The molecule has 0 bridgehead atoms. The van der Waals surface area contributed by atoms with Crippen molar-refractivity contribution >= 4 is 17.2 Å². The van der Waals surface area contributed by atoms with Crippen molar-refractivity contribution in [2.75, 3.05) is 11.1 Å². The molecular formula is C18H15F2N7. The Labute approximate surface area is 152 Å². The Morgan fingerprint density at radius 2 is 1.81 bits per heavy atom. The van der Waals surface area contributed by atoms with E-state index < -0.39 is 11.6 Å². The van der Waals surface area contributed by atoms with Crippen molar-refractivity contribution in [1.29, 1.82) is 0 Å². The fourth-order valence-corrected chi connectivity index (χ4v) is 2.67. The van der Waals surface area contributed by atoms with Crippen molar-refractivity contribution < 1.29 is 8.78 Å². The number of rotatable bonds is 4. The average Bonchev–Trinajstić information content (AvgIpc) is 3.07. The summed E-state index contributed by atoms with van der Waals surface area (Å²) in [4.78, 5) is 16.9. The number of aromatic nitrogens is 5. The Bertz CT molecular complexity index is 1110. The van der Waals surface area contributed by atoms with Crippen LogP contribution in [0.2, 0.25) is 0 Å². The first-order valence-electron chi connectivity index (χ1n) is 8.15. The van der Waals surface area contributed by atoms with Crippen LogP contribution in [-0.2, 0) is 0 Å². The van der Waals surface area contributed by atoms with Gasteiger partial charge < -0.3 is 11.1 Å². The van der Waals surface area contributed by atoms with Gasteiger partial charge in [0.1, 0.15) is 23.0 Å². The molecule has 0 amide bonds. The quantitative estimate of drug-likeness (QED) is 0.575. The van der Waals surface area contributed by atoms with Gasteiger partial charge in [0.05, 0.1) is 36.0 Å². The number of hydrogen-bond acceptors (Lipinski definition) is 6. The van der Waals surface area contributed by atoms with Gasteiger partial charge in [-0.15, -0.1) is 0 Å². The van der Waals surface area contributed by atoms with Crippen LogP contribution in [0.3, 0.4) is 0 Å². The topological polar surface area (TPSA) is 94.0 Å². The molecule has 0 aliphatic rings. The number of nitrogens with one attached hydrogen (secondary N) is 1. The summed E-state index contributed by atoms with van der Waals surface area (Å²) in [6, 6.07) is 5.55. The molecule has 0 saturated carbocycles. The number of nitrogens with zero attached hydrogens (tertiary/aromatic N) is 5. The molecule has 0 aliphatic carbocycles. The second-order valence-corrected chi connectivity index (χ2v) is 5.98. The minimum atomic E-state index is -0.408. The maximum atomic E-state index is 13.6. The van der Waals surface area contributed by atoms with Gasteiger partial charge in [-0.25, -0.2) is 23.7 Å². The van der Waals surface area contributed by atoms with Crippen LogP contribution in [-0.4, -0.2) is 24.3 Å². The highest BCUT2D eigenvalue weighted by Gasteiger charge is 2.14. The monoisotopic (exact) mass is 367 g/mol. The predicted octanol–water partition coefficient (Wildman–Crippen LogP) is 3.22. The van der Waals surface area contributed by atoms with Gasteiger partial charge >= 0.3 is 0 Å². The molecular weight excluding hydrogens is 352 g/mol. The standard InChI is InChI=1S/C18H15F2N7/c1-10(14-4-2-11(19)6-22-14)25-17-13(21)7-24-18(26-17)15-8-23-16-5-3-12(20)9-27(15)16/h2-10H,21H2,1H3,(H,24,25,26). The van der Waals surface area contributed by atoms with E-state index in [9.17, 15) is 8.78 Å². The molecule has 0 saturated heterocycles. The number of nitrogens with two attached hydrogens (primary N) is 1. The van der Waals surface area contributed by atoms with Crippen LogP contribution in [0.15, 0.2) is 49.1 Å². The Morgan fingerprint density at radius 1 is 1.00 bits per heavy atom. The molecule has 1 unspecified atom stereocenters. The number of pyridine rings is 2. The first-order chi connectivity index (χ1) is 13.0. The van der Waals surface area contributed by atoms with E-state index in [1.165, 1.54) is 24.5 Å². The first-order valence-corrected chi connectivity index (χ1v) is 8.15. The lowest BCUT2D eigenvalue weighted by atomic mass is 10.2. The van der Waals surface area contributed by atoms with Gasteiger partial charge in [-0.3, -0.25) is 9.38 Å². The third-order valence-corrected chi connectivity index (χ3v) is 4.06. The number of anilines is 2. The average molecular weight is 367 g/mol. The van der Waals surface area contributed by atoms with Crippen LogP contribution in [0.25, 0.3) is 17.2 Å². The maximum absolute atomic E-state index is 13.6. The van der Waals surface area contributed by atoms with E-state index in [1.807, 2.05) is 6.92 Å². The van der Waals surface area contributed by atoms with Gasteiger partial charge in [0.15, 0.2) is 11.6 Å². The van der Waals surface area contributed by atoms with E-state index >= 15 is 0 Å². The summed E-state index contributed by atoms with van der Waals surface area (Å²) in [5.41, 5.74) is 8.05. The molecule has 0 aromatic carbocycles. The fraction of sp³-hybridized carbons (Fsp3) is 0.111. The largest absolute Gasteiger partial charge is 0.394 e. The van der Waals surface area contributed by atoms with E-state index in [1.54, 1.807) is 22.7 Å². The lowest BCUT2D eigenvalue weighted by Gasteiger charge is -2.16. The van der Waals surface area contributed by atoms with Crippen molar-refractivity contribution in [2.24, 2.45) is 0 Å². The maximum Gasteiger partial charge on any atom is 0.180 e. The third-order valence-electron chi connectivity index (χ3n) is 4.06. The third kappa shape index (κ3) is 3.26. The lowest BCUT2D eigenvalue weighted by molar-refractivity contribution is 0.617. The summed E-state index contributed by atoms with van der Waals surface area (Å²) >= 11 is 0. The number of imidazole rings is 1. The molecule has 4 aromatic rings. The van der Waals surface area contributed by atoms with Crippen LogP contribution in [0.5, 0.6) is 0 Å². The highest BCUT2D eigenvalue weighted by Crippen LogP contribution is 2.25. The van der Waals surface area contributed by atoms with Gasteiger partial charge in [0, 0.05) is 6.20 Å². The van der Waals surface area contributed by atoms with Gasteiger partial charge in [-0.05, 0) is 31.2 Å². The summed E-state index contributed by atoms with van der Waals surface area (Å²) in [5, 5.41) is 3.14. The molecule has 4 rings (SSSR count). The second-order valence-electron chi connectivity index (χ2n) is 5.98. The molecule has 0 fully saturated rings. The zero-order valence-corrected chi connectivity index (χ0v) is 14.3. The first kappa shape index (κ1) is 16.8. The minimum absolute atomic E-state index is 0.268. The Balaban J connectivity index is 1.68. The molecule has 0 spiro atoms. The van der Waals surface area contributed by atoms with Crippen LogP contribution in [0, 0.1) is 11.6 Å². The molecule has 1 atom stereocenters. The Kier molecular flexibility index (Phi) is 4.11. The van der Waals surface area contributed by atoms with E-state index in [0.29, 0.717) is 34.4 Å². The lowest BCUT2D eigenvalue weighted by Crippen LogP contribution is -2.12. The molecule has 0 radical (unpaired) electrons. The van der Waals surface area contributed by atoms with Gasteiger partial charge in [-0.2, -0.15) is 0 Å². The second kappa shape index (κ2) is 6.60. The molecule has 27 heavy (non-hydrogen) atoms. The molecule has 0 aliphatic heterocycles. The van der Waals surface area contributed by atoms with Crippen molar-refractivity contribution in [2.45, 2.75) is 13.0 Å². The minimum Gasteiger partial charge on any atom is -0.394 e. The summed E-state index contributed by atoms with van der Waals surface area (Å²) in [6.07, 6.45) is 5.49. The van der Waals surface area contributed by atoms with E-state index in [0.717, 1.165) is 6.20 Å². The zero-order valence-electron chi connectivity index (χ0n) is 14.3. The predicted molar refractivity (Wildman–Crippen MR) is 96.8 cm³/mol. The zero-order chi connectivity index (χ0) is 19.0. The number of fused-ring (bicyclic) bond motifs is 1. The van der Waals surface area contributed by atoms with Crippen LogP contribution in [0.1, 0.15) is 18.7 Å². The van der Waals surface area contributed by atoms with E-state index in [-0.39, 0.29) is 6.04 Å². The normalized spacial score (nSPS) is 12.3. The number of hydrogen-bond donors (Lipinski definition) is 2. The van der Waals surface area contributed by atoms with Crippen molar-refractivity contribution in [3.8, 4) is 11.5 Å². The highest BCUT2D eigenvalue weighted by atomic mass is 19.1. The highest BCUT2D eigenvalue weighted by molar-refractivity contribution is 5.66. The summed E-state index contributed by atoms with van der Waals surface area (Å²) in [5.74, 6) is -0.0739. The van der Waals surface area contributed by atoms with Gasteiger partial charge in [0.2, 0.25) is 0 Å². The number of nitrogen functional groups attached to an aromatic ring is 1. The SMILES string of the molecule is CC(Nc1nc(-c2cnc3ccc(F)cn23)ncc1N)c1ccc(F)cn1. The van der Waals surface area contributed by atoms with Gasteiger partial charge in [0.25, 0.3) is 0 Å². The van der Waals surface area contributed by atoms with Crippen molar-refractivity contribution in [3.63, 3.8) is 0 Å². The molecule has 4 heterocycles. The van der Waals surface area contributed by atoms with Gasteiger partial charge in [-0.1, -0.05) is 0 Å². The molecule has 7 nitrogen and oxygen atoms in total. The van der Waals surface area contributed by atoms with E-state index in [4.69, 9.17) is 5.73 Å².